The van der Waals surface area contributed by atoms with Gasteiger partial charge in [0.1, 0.15) is 11.1 Å². The van der Waals surface area contributed by atoms with E-state index in [9.17, 15) is 8.42 Å². The van der Waals surface area contributed by atoms with Crippen molar-refractivity contribution in [3.8, 4) is 0 Å². The molecule has 1 atom stereocenters. The van der Waals surface area contributed by atoms with Gasteiger partial charge in [0.15, 0.2) is 15.7 Å². The lowest BCUT2D eigenvalue weighted by molar-refractivity contribution is 0.378. The van der Waals surface area contributed by atoms with Gasteiger partial charge in [0, 0.05) is 6.26 Å². The first kappa shape index (κ1) is 13.0. The number of nitrogens with zero attached hydrogens (tertiary/aromatic N) is 2. The number of hydrogen-bond donors (Lipinski definition) is 0. The number of benzene rings is 1. The molecule has 0 aliphatic rings. The summed E-state index contributed by atoms with van der Waals surface area (Å²) in [5, 5.41) is 3.02. The van der Waals surface area contributed by atoms with Crippen LogP contribution in [0.4, 0.5) is 0 Å². The second kappa shape index (κ2) is 5.07. The Kier molecular flexibility index (Phi) is 3.68. The fourth-order valence-electron chi connectivity index (χ4n) is 1.43. The zero-order valence-electron chi connectivity index (χ0n) is 9.58. The SMILES string of the molecule is CS(=O)(=O)Cc1noc(C(Cl)c2ccccc2)n1. The van der Waals surface area contributed by atoms with Crippen LogP contribution in [0.5, 0.6) is 0 Å². The summed E-state index contributed by atoms with van der Waals surface area (Å²) in [6.45, 7) is 0. The maximum Gasteiger partial charge on any atom is 0.249 e. The van der Waals surface area contributed by atoms with Crippen molar-refractivity contribution in [1.29, 1.82) is 0 Å². The van der Waals surface area contributed by atoms with Crippen LogP contribution in [0.2, 0.25) is 0 Å². The first-order valence-electron chi connectivity index (χ1n) is 5.15. The molecule has 1 aromatic heterocycles. The van der Waals surface area contributed by atoms with Crippen molar-refractivity contribution < 1.29 is 12.9 Å². The lowest BCUT2D eigenvalue weighted by atomic mass is 10.1. The predicted molar refractivity (Wildman–Crippen MR) is 67.0 cm³/mol. The molecule has 0 N–H and O–H groups in total. The molecular formula is C11H11ClN2O3S. The molecule has 0 saturated carbocycles. The number of aromatic nitrogens is 2. The zero-order valence-corrected chi connectivity index (χ0v) is 11.1. The summed E-state index contributed by atoms with van der Waals surface area (Å²) < 4.78 is 27.2. The van der Waals surface area contributed by atoms with Crippen LogP contribution in [0, 0.1) is 0 Å². The molecule has 0 aliphatic carbocycles. The van der Waals surface area contributed by atoms with Gasteiger partial charge in [-0.3, -0.25) is 0 Å². The van der Waals surface area contributed by atoms with Crippen LogP contribution in [0.1, 0.15) is 22.7 Å². The number of halogens is 1. The van der Waals surface area contributed by atoms with Gasteiger partial charge < -0.3 is 4.52 Å². The summed E-state index contributed by atoms with van der Waals surface area (Å²) in [5.74, 6) is 0.0603. The van der Waals surface area contributed by atoms with E-state index >= 15 is 0 Å². The van der Waals surface area contributed by atoms with Gasteiger partial charge in [-0.1, -0.05) is 35.5 Å². The van der Waals surface area contributed by atoms with Crippen molar-refractivity contribution in [2.45, 2.75) is 11.1 Å². The molecule has 0 spiro atoms. The highest BCUT2D eigenvalue weighted by molar-refractivity contribution is 7.89. The molecule has 0 fully saturated rings. The topological polar surface area (TPSA) is 73.1 Å². The quantitative estimate of drug-likeness (QED) is 0.803. The van der Waals surface area contributed by atoms with E-state index in [0.29, 0.717) is 0 Å². The molecule has 1 aromatic carbocycles. The Morgan fingerprint density at radius 3 is 2.61 bits per heavy atom. The normalized spacial score (nSPS) is 13.4. The lowest BCUT2D eigenvalue weighted by Crippen LogP contribution is -2.02. The smallest absolute Gasteiger partial charge is 0.249 e. The molecule has 18 heavy (non-hydrogen) atoms. The third kappa shape index (κ3) is 3.30. The summed E-state index contributed by atoms with van der Waals surface area (Å²) in [5.41, 5.74) is 0.814. The average Bonchev–Trinajstić information content (AvgIpc) is 2.75. The van der Waals surface area contributed by atoms with Crippen LogP contribution in [-0.4, -0.2) is 24.8 Å². The second-order valence-corrected chi connectivity index (χ2v) is 6.47. The highest BCUT2D eigenvalue weighted by Gasteiger charge is 2.19. The molecule has 5 nitrogen and oxygen atoms in total. The predicted octanol–water partition coefficient (Wildman–Crippen LogP) is 1.94. The van der Waals surface area contributed by atoms with Gasteiger partial charge in [-0.25, -0.2) is 8.42 Å². The molecule has 7 heteroatoms. The number of sulfone groups is 1. The van der Waals surface area contributed by atoms with E-state index in [4.69, 9.17) is 16.1 Å². The van der Waals surface area contributed by atoms with Crippen molar-refractivity contribution in [2.75, 3.05) is 6.26 Å². The highest BCUT2D eigenvalue weighted by Crippen LogP contribution is 2.27. The molecule has 0 bridgehead atoms. The molecule has 2 rings (SSSR count). The minimum Gasteiger partial charge on any atom is -0.337 e. The third-order valence-corrected chi connectivity index (χ3v) is 3.41. The highest BCUT2D eigenvalue weighted by atomic mass is 35.5. The van der Waals surface area contributed by atoms with Crippen LogP contribution in [0.25, 0.3) is 0 Å². The van der Waals surface area contributed by atoms with E-state index in [1.54, 1.807) is 0 Å². The molecule has 0 aliphatic heterocycles. The summed E-state index contributed by atoms with van der Waals surface area (Å²) in [6, 6.07) is 9.23. The molecule has 2 aromatic rings. The number of alkyl halides is 1. The van der Waals surface area contributed by atoms with E-state index in [-0.39, 0.29) is 17.5 Å². The standard InChI is InChI=1S/C11H11ClN2O3S/c1-18(15,16)7-9-13-11(17-14-9)10(12)8-5-3-2-4-6-8/h2-6,10H,7H2,1H3. The zero-order chi connectivity index (χ0) is 13.2. The van der Waals surface area contributed by atoms with Gasteiger partial charge in [-0.05, 0) is 5.56 Å². The van der Waals surface area contributed by atoms with E-state index in [1.165, 1.54) is 0 Å². The first-order chi connectivity index (χ1) is 8.46. The van der Waals surface area contributed by atoms with E-state index < -0.39 is 15.2 Å². The molecule has 1 heterocycles. The van der Waals surface area contributed by atoms with Crippen LogP contribution in [0.3, 0.4) is 0 Å². The molecular weight excluding hydrogens is 276 g/mol. The first-order valence-corrected chi connectivity index (χ1v) is 7.64. The fourth-order valence-corrected chi connectivity index (χ4v) is 2.25. The summed E-state index contributed by atoms with van der Waals surface area (Å²) in [4.78, 5) is 3.98. The molecule has 96 valence electrons. The number of rotatable bonds is 4. The van der Waals surface area contributed by atoms with E-state index in [2.05, 4.69) is 10.1 Å². The van der Waals surface area contributed by atoms with E-state index in [1.807, 2.05) is 30.3 Å². The van der Waals surface area contributed by atoms with E-state index in [0.717, 1.165) is 11.8 Å². The minimum absolute atomic E-state index is 0.120. The Hall–Kier alpha value is -1.40. The molecule has 0 saturated heterocycles. The Morgan fingerprint density at radius 1 is 1.33 bits per heavy atom. The van der Waals surface area contributed by atoms with Gasteiger partial charge >= 0.3 is 0 Å². The minimum atomic E-state index is -3.18. The van der Waals surface area contributed by atoms with Crippen LogP contribution in [-0.2, 0) is 15.6 Å². The Balaban J connectivity index is 2.20. The van der Waals surface area contributed by atoms with Gasteiger partial charge in [0.25, 0.3) is 0 Å². The van der Waals surface area contributed by atoms with Crippen molar-refractivity contribution in [1.82, 2.24) is 10.1 Å². The third-order valence-electron chi connectivity index (χ3n) is 2.18. The molecule has 0 radical (unpaired) electrons. The summed E-state index contributed by atoms with van der Waals surface area (Å²) >= 11 is 6.17. The lowest BCUT2D eigenvalue weighted by Gasteiger charge is -2.03. The van der Waals surface area contributed by atoms with Crippen LogP contribution in [0.15, 0.2) is 34.9 Å². The Bertz CT molecular complexity index is 625. The van der Waals surface area contributed by atoms with Crippen LogP contribution >= 0.6 is 11.6 Å². The van der Waals surface area contributed by atoms with Gasteiger partial charge in [-0.2, -0.15) is 4.98 Å². The van der Waals surface area contributed by atoms with Crippen molar-refractivity contribution in [2.24, 2.45) is 0 Å². The Morgan fingerprint density at radius 2 is 2.00 bits per heavy atom. The fraction of sp³-hybridized carbons (Fsp3) is 0.273. The van der Waals surface area contributed by atoms with Gasteiger partial charge in [0.05, 0.1) is 0 Å². The van der Waals surface area contributed by atoms with Crippen molar-refractivity contribution in [3.63, 3.8) is 0 Å². The second-order valence-electron chi connectivity index (χ2n) is 3.89. The Labute approximate surface area is 110 Å². The van der Waals surface area contributed by atoms with Crippen molar-refractivity contribution >= 4 is 21.4 Å². The van der Waals surface area contributed by atoms with Gasteiger partial charge in [-0.15, -0.1) is 11.6 Å². The van der Waals surface area contributed by atoms with Crippen molar-refractivity contribution in [3.05, 3.63) is 47.6 Å². The molecule has 0 amide bonds. The summed E-state index contributed by atoms with van der Waals surface area (Å²) in [7, 11) is -3.18. The van der Waals surface area contributed by atoms with Gasteiger partial charge in [0.2, 0.25) is 5.89 Å². The summed E-state index contributed by atoms with van der Waals surface area (Å²) in [6.07, 6.45) is 1.11. The maximum atomic E-state index is 11.1. The maximum absolute atomic E-state index is 11.1. The largest absolute Gasteiger partial charge is 0.337 e. The monoisotopic (exact) mass is 286 g/mol. The number of hydrogen-bond acceptors (Lipinski definition) is 5. The van der Waals surface area contributed by atoms with Crippen LogP contribution < -0.4 is 0 Å². The molecule has 1 unspecified atom stereocenters. The average molecular weight is 287 g/mol.